The average molecular weight is 257 g/mol. The third-order valence-corrected chi connectivity index (χ3v) is 2.42. The fourth-order valence-corrected chi connectivity index (χ4v) is 1.41. The molecule has 0 aliphatic rings. The Kier molecular flexibility index (Phi) is 4.48. The van der Waals surface area contributed by atoms with E-state index in [1.807, 2.05) is 0 Å². The molecule has 0 saturated heterocycles. The summed E-state index contributed by atoms with van der Waals surface area (Å²) in [5.41, 5.74) is 6.78. The van der Waals surface area contributed by atoms with Crippen LogP contribution in [0.1, 0.15) is 12.0 Å². The molecule has 0 aliphatic heterocycles. The van der Waals surface area contributed by atoms with Crippen LogP contribution in [0, 0.1) is 6.92 Å². The number of carboxylic acids is 1. The van der Waals surface area contributed by atoms with Gasteiger partial charge >= 0.3 is 5.97 Å². The van der Waals surface area contributed by atoms with Gasteiger partial charge in [0.05, 0.1) is 12.5 Å². The Morgan fingerprint density at radius 1 is 1.53 bits per heavy atom. The lowest BCUT2D eigenvalue weighted by atomic mass is 10.1. The van der Waals surface area contributed by atoms with Gasteiger partial charge in [-0.1, -0.05) is 17.7 Å². The van der Waals surface area contributed by atoms with Crippen molar-refractivity contribution in [2.24, 2.45) is 5.73 Å². The molecule has 0 radical (unpaired) electrons. The predicted molar refractivity (Wildman–Crippen MR) is 65.0 cm³/mol. The zero-order valence-corrected chi connectivity index (χ0v) is 9.99. The SMILES string of the molecule is Cc1ccc(Cl)cc1NC(=O)C(N)CC(=O)O. The fourth-order valence-electron chi connectivity index (χ4n) is 1.24. The van der Waals surface area contributed by atoms with Crippen molar-refractivity contribution in [3.8, 4) is 0 Å². The molecule has 0 aliphatic carbocycles. The van der Waals surface area contributed by atoms with E-state index in [4.69, 9.17) is 22.4 Å². The number of anilines is 1. The highest BCUT2D eigenvalue weighted by Gasteiger charge is 2.17. The maximum absolute atomic E-state index is 11.6. The van der Waals surface area contributed by atoms with Gasteiger partial charge in [0.15, 0.2) is 0 Å². The second kappa shape index (κ2) is 5.65. The molecule has 0 bridgehead atoms. The quantitative estimate of drug-likeness (QED) is 0.759. The summed E-state index contributed by atoms with van der Waals surface area (Å²) in [4.78, 5) is 22.0. The molecule has 1 amide bonds. The van der Waals surface area contributed by atoms with E-state index >= 15 is 0 Å². The molecule has 0 fully saturated rings. The highest BCUT2D eigenvalue weighted by molar-refractivity contribution is 6.31. The molecule has 1 aromatic rings. The zero-order valence-electron chi connectivity index (χ0n) is 9.24. The van der Waals surface area contributed by atoms with Crippen LogP contribution in [0.4, 0.5) is 5.69 Å². The van der Waals surface area contributed by atoms with Gasteiger partial charge in [-0.3, -0.25) is 9.59 Å². The van der Waals surface area contributed by atoms with Crippen LogP contribution in [0.15, 0.2) is 18.2 Å². The normalized spacial score (nSPS) is 11.9. The van der Waals surface area contributed by atoms with Crippen molar-refractivity contribution in [1.82, 2.24) is 0 Å². The van der Waals surface area contributed by atoms with Crippen LogP contribution in [-0.4, -0.2) is 23.0 Å². The molecule has 6 heteroatoms. The standard InChI is InChI=1S/C11H13ClN2O3/c1-6-2-3-7(12)4-9(6)14-11(17)8(13)5-10(15)16/h2-4,8H,5,13H2,1H3,(H,14,17)(H,15,16). The summed E-state index contributed by atoms with van der Waals surface area (Å²) in [6, 6.07) is 3.96. The van der Waals surface area contributed by atoms with Crippen molar-refractivity contribution in [2.45, 2.75) is 19.4 Å². The highest BCUT2D eigenvalue weighted by Crippen LogP contribution is 2.20. The van der Waals surface area contributed by atoms with E-state index in [-0.39, 0.29) is 0 Å². The molecule has 92 valence electrons. The summed E-state index contributed by atoms with van der Waals surface area (Å²) in [5.74, 6) is -1.66. The first-order valence-corrected chi connectivity index (χ1v) is 5.32. The number of aliphatic carboxylic acids is 1. The summed E-state index contributed by atoms with van der Waals surface area (Å²) in [7, 11) is 0. The molecule has 0 aromatic heterocycles. The fraction of sp³-hybridized carbons (Fsp3) is 0.273. The number of carbonyl (C=O) groups is 2. The Balaban J connectivity index is 2.73. The van der Waals surface area contributed by atoms with E-state index in [0.29, 0.717) is 10.7 Å². The molecule has 0 saturated carbocycles. The van der Waals surface area contributed by atoms with E-state index in [0.717, 1.165) is 5.56 Å². The maximum atomic E-state index is 11.6. The van der Waals surface area contributed by atoms with E-state index in [1.165, 1.54) is 0 Å². The molecule has 4 N–H and O–H groups in total. The van der Waals surface area contributed by atoms with Crippen LogP contribution >= 0.6 is 11.6 Å². The van der Waals surface area contributed by atoms with Gasteiger partial charge < -0.3 is 16.2 Å². The number of carboxylic acid groups (broad SMARTS) is 1. The third-order valence-electron chi connectivity index (χ3n) is 2.19. The summed E-state index contributed by atoms with van der Waals surface area (Å²) < 4.78 is 0. The van der Waals surface area contributed by atoms with Gasteiger partial charge in [0.25, 0.3) is 0 Å². The largest absolute Gasteiger partial charge is 0.481 e. The molecular weight excluding hydrogens is 244 g/mol. The summed E-state index contributed by atoms with van der Waals surface area (Å²) in [6.45, 7) is 1.80. The summed E-state index contributed by atoms with van der Waals surface area (Å²) >= 11 is 5.79. The molecule has 1 rings (SSSR count). The lowest BCUT2D eigenvalue weighted by Gasteiger charge is -2.12. The van der Waals surface area contributed by atoms with Crippen LogP contribution in [0.2, 0.25) is 5.02 Å². The predicted octanol–water partition coefficient (Wildman–Crippen LogP) is 1.39. The molecule has 1 aromatic carbocycles. The number of nitrogens with one attached hydrogen (secondary N) is 1. The number of halogens is 1. The average Bonchev–Trinajstić information content (AvgIpc) is 2.22. The van der Waals surface area contributed by atoms with Crippen LogP contribution in [0.5, 0.6) is 0 Å². The number of rotatable bonds is 4. The van der Waals surface area contributed by atoms with E-state index in [1.54, 1.807) is 25.1 Å². The number of hydrogen-bond acceptors (Lipinski definition) is 3. The third kappa shape index (κ3) is 4.05. The number of amides is 1. The first kappa shape index (κ1) is 13.5. The number of aryl methyl sites for hydroxylation is 1. The molecule has 0 heterocycles. The number of nitrogens with two attached hydrogens (primary N) is 1. The summed E-state index contributed by atoms with van der Waals surface area (Å²) in [6.07, 6.45) is -0.411. The number of hydrogen-bond donors (Lipinski definition) is 3. The second-order valence-corrected chi connectivity index (χ2v) is 4.09. The molecule has 0 spiro atoms. The van der Waals surface area contributed by atoms with Crippen LogP contribution in [0.25, 0.3) is 0 Å². The maximum Gasteiger partial charge on any atom is 0.305 e. The minimum Gasteiger partial charge on any atom is -0.481 e. The first-order valence-electron chi connectivity index (χ1n) is 4.94. The van der Waals surface area contributed by atoms with Gasteiger partial charge in [0.2, 0.25) is 5.91 Å². The topological polar surface area (TPSA) is 92.4 Å². The van der Waals surface area contributed by atoms with Crippen molar-refractivity contribution in [1.29, 1.82) is 0 Å². The molecule has 5 nitrogen and oxygen atoms in total. The highest BCUT2D eigenvalue weighted by atomic mass is 35.5. The molecular formula is C11H13ClN2O3. The van der Waals surface area contributed by atoms with Crippen molar-refractivity contribution >= 4 is 29.2 Å². The Morgan fingerprint density at radius 3 is 2.76 bits per heavy atom. The zero-order chi connectivity index (χ0) is 13.0. The minimum absolute atomic E-state index is 0.411. The van der Waals surface area contributed by atoms with Crippen molar-refractivity contribution < 1.29 is 14.7 Å². The van der Waals surface area contributed by atoms with Gasteiger partial charge in [-0.15, -0.1) is 0 Å². The Bertz CT molecular complexity index is 448. The second-order valence-electron chi connectivity index (χ2n) is 3.65. The monoisotopic (exact) mass is 256 g/mol. The molecule has 17 heavy (non-hydrogen) atoms. The Hall–Kier alpha value is -1.59. The summed E-state index contributed by atoms with van der Waals surface area (Å²) in [5, 5.41) is 11.5. The van der Waals surface area contributed by atoms with Gasteiger partial charge in [0.1, 0.15) is 0 Å². The lowest BCUT2D eigenvalue weighted by molar-refractivity contribution is -0.138. The number of carbonyl (C=O) groups excluding carboxylic acids is 1. The van der Waals surface area contributed by atoms with E-state index in [9.17, 15) is 9.59 Å². The molecule has 1 atom stereocenters. The minimum atomic E-state index is -1.12. The number of benzene rings is 1. The van der Waals surface area contributed by atoms with Gasteiger partial charge in [-0.05, 0) is 24.6 Å². The van der Waals surface area contributed by atoms with Crippen molar-refractivity contribution in [2.75, 3.05) is 5.32 Å². The Labute approximate surface area is 104 Å². The lowest BCUT2D eigenvalue weighted by Crippen LogP contribution is -2.37. The van der Waals surface area contributed by atoms with Crippen molar-refractivity contribution in [3.63, 3.8) is 0 Å². The van der Waals surface area contributed by atoms with Crippen LogP contribution in [0.3, 0.4) is 0 Å². The van der Waals surface area contributed by atoms with Crippen LogP contribution < -0.4 is 11.1 Å². The smallest absolute Gasteiger partial charge is 0.305 e. The Morgan fingerprint density at radius 2 is 2.18 bits per heavy atom. The van der Waals surface area contributed by atoms with E-state index < -0.39 is 24.3 Å². The van der Waals surface area contributed by atoms with Crippen LogP contribution in [-0.2, 0) is 9.59 Å². The van der Waals surface area contributed by atoms with Crippen molar-refractivity contribution in [3.05, 3.63) is 28.8 Å². The van der Waals surface area contributed by atoms with Gasteiger partial charge in [0, 0.05) is 10.7 Å². The molecule has 1 unspecified atom stereocenters. The first-order chi connectivity index (χ1) is 7.90. The van der Waals surface area contributed by atoms with E-state index in [2.05, 4.69) is 5.32 Å². The van der Waals surface area contributed by atoms with Gasteiger partial charge in [-0.2, -0.15) is 0 Å². The van der Waals surface area contributed by atoms with Gasteiger partial charge in [-0.25, -0.2) is 0 Å².